The van der Waals surface area contributed by atoms with Crippen LogP contribution in [-0.4, -0.2) is 37.6 Å². The molecule has 0 bridgehead atoms. The monoisotopic (exact) mass is 292 g/mol. The molecule has 0 radical (unpaired) electrons. The molecule has 1 aromatic heterocycles. The normalized spacial score (nSPS) is 10.3. The van der Waals surface area contributed by atoms with E-state index in [0.717, 1.165) is 0 Å². The first-order valence-electron chi connectivity index (χ1n) is 5.99. The number of hydrogen-bond donors (Lipinski definition) is 1. The van der Waals surface area contributed by atoms with Crippen LogP contribution in [0.2, 0.25) is 0 Å². The van der Waals surface area contributed by atoms with Gasteiger partial charge in [0.05, 0.1) is 17.7 Å². The van der Waals surface area contributed by atoms with Crippen molar-refractivity contribution in [3.8, 4) is 5.75 Å². The lowest BCUT2D eigenvalue weighted by molar-refractivity contribution is -0.386. The Labute approximate surface area is 118 Å². The minimum Gasteiger partial charge on any atom is -0.485 e. The third-order valence-corrected chi connectivity index (χ3v) is 2.72. The van der Waals surface area contributed by atoms with Crippen LogP contribution in [0, 0.1) is 17.0 Å². The van der Waals surface area contributed by atoms with Crippen molar-refractivity contribution in [3.05, 3.63) is 45.8 Å². The molecule has 2 rings (SSSR count). The van der Waals surface area contributed by atoms with Gasteiger partial charge in [-0.15, -0.1) is 5.10 Å². The van der Waals surface area contributed by atoms with Crippen molar-refractivity contribution < 1.29 is 19.6 Å². The van der Waals surface area contributed by atoms with Gasteiger partial charge in [0.2, 0.25) is 0 Å². The summed E-state index contributed by atoms with van der Waals surface area (Å²) in [7, 11) is 0. The van der Waals surface area contributed by atoms with E-state index >= 15 is 0 Å². The van der Waals surface area contributed by atoms with Crippen molar-refractivity contribution in [2.75, 3.05) is 6.61 Å². The molecule has 1 N–H and O–H groups in total. The molecule has 9 heteroatoms. The van der Waals surface area contributed by atoms with Gasteiger partial charge in [0, 0.05) is 5.56 Å². The van der Waals surface area contributed by atoms with Gasteiger partial charge < -0.3 is 9.84 Å². The van der Waals surface area contributed by atoms with E-state index in [-0.39, 0.29) is 30.3 Å². The number of rotatable bonds is 6. The Morgan fingerprint density at radius 1 is 1.52 bits per heavy atom. The Balaban J connectivity index is 2.02. The maximum Gasteiger partial charge on any atom is 0.358 e. The molecule has 0 amide bonds. The van der Waals surface area contributed by atoms with Crippen LogP contribution < -0.4 is 4.74 Å². The number of hydrogen-bond acceptors (Lipinski definition) is 6. The molecule has 9 nitrogen and oxygen atoms in total. The lowest BCUT2D eigenvalue weighted by Gasteiger charge is -2.07. The molecule has 110 valence electrons. The SMILES string of the molecule is Cc1cccc(OCCn2cc(C(=O)O)nn2)c1[N+](=O)[O-]. The maximum absolute atomic E-state index is 11.0. The van der Waals surface area contributed by atoms with E-state index in [1.807, 2.05) is 0 Å². The first kappa shape index (κ1) is 14.4. The highest BCUT2D eigenvalue weighted by molar-refractivity contribution is 5.84. The molecule has 0 aliphatic rings. The highest BCUT2D eigenvalue weighted by Gasteiger charge is 2.18. The van der Waals surface area contributed by atoms with Gasteiger partial charge in [-0.3, -0.25) is 10.1 Å². The fraction of sp³-hybridized carbons (Fsp3) is 0.250. The van der Waals surface area contributed by atoms with Gasteiger partial charge in [-0.05, 0) is 13.0 Å². The third kappa shape index (κ3) is 3.32. The highest BCUT2D eigenvalue weighted by atomic mass is 16.6. The number of aryl methyl sites for hydroxylation is 1. The summed E-state index contributed by atoms with van der Waals surface area (Å²) < 4.78 is 6.67. The van der Waals surface area contributed by atoms with E-state index in [9.17, 15) is 14.9 Å². The Bertz CT molecular complexity index is 682. The second-order valence-electron chi connectivity index (χ2n) is 4.20. The highest BCUT2D eigenvalue weighted by Crippen LogP contribution is 2.29. The van der Waals surface area contributed by atoms with Crippen molar-refractivity contribution in [1.29, 1.82) is 0 Å². The van der Waals surface area contributed by atoms with E-state index in [4.69, 9.17) is 9.84 Å². The number of nitrogens with zero attached hydrogens (tertiary/aromatic N) is 4. The fourth-order valence-electron chi connectivity index (χ4n) is 1.74. The van der Waals surface area contributed by atoms with Crippen LogP contribution in [-0.2, 0) is 6.54 Å². The van der Waals surface area contributed by atoms with Crippen molar-refractivity contribution in [3.63, 3.8) is 0 Å². The van der Waals surface area contributed by atoms with Crippen LogP contribution in [0.3, 0.4) is 0 Å². The number of carbonyl (C=O) groups is 1. The van der Waals surface area contributed by atoms with E-state index in [1.54, 1.807) is 19.1 Å². The summed E-state index contributed by atoms with van der Waals surface area (Å²) in [5, 5.41) is 26.8. The van der Waals surface area contributed by atoms with Gasteiger partial charge in [-0.25, -0.2) is 9.48 Å². The summed E-state index contributed by atoms with van der Waals surface area (Å²) >= 11 is 0. The summed E-state index contributed by atoms with van der Waals surface area (Å²) in [6.45, 7) is 1.96. The van der Waals surface area contributed by atoms with Gasteiger partial charge >= 0.3 is 11.7 Å². The molecule has 0 saturated heterocycles. The number of aromatic carboxylic acids is 1. The molecular weight excluding hydrogens is 280 g/mol. The van der Waals surface area contributed by atoms with Crippen LogP contribution in [0.1, 0.15) is 16.1 Å². The second kappa shape index (κ2) is 5.99. The molecule has 21 heavy (non-hydrogen) atoms. The van der Waals surface area contributed by atoms with Crippen molar-refractivity contribution in [1.82, 2.24) is 15.0 Å². The van der Waals surface area contributed by atoms with Gasteiger partial charge in [-0.1, -0.05) is 17.3 Å². The van der Waals surface area contributed by atoms with E-state index in [1.165, 1.54) is 16.9 Å². The first-order valence-corrected chi connectivity index (χ1v) is 5.99. The molecule has 0 saturated carbocycles. The fourth-order valence-corrected chi connectivity index (χ4v) is 1.74. The second-order valence-corrected chi connectivity index (χ2v) is 4.20. The van der Waals surface area contributed by atoms with Gasteiger partial charge in [0.25, 0.3) is 0 Å². The van der Waals surface area contributed by atoms with Gasteiger partial charge in [0.1, 0.15) is 6.61 Å². The molecule has 0 spiro atoms. The summed E-state index contributed by atoms with van der Waals surface area (Å²) in [5.74, 6) is -1.00. The zero-order chi connectivity index (χ0) is 15.4. The maximum atomic E-state index is 11.0. The number of carboxylic acid groups (broad SMARTS) is 1. The number of nitro benzene ring substituents is 1. The zero-order valence-electron chi connectivity index (χ0n) is 11.1. The Hall–Kier alpha value is -2.97. The zero-order valence-corrected chi connectivity index (χ0v) is 11.1. The van der Waals surface area contributed by atoms with Crippen molar-refractivity contribution in [2.45, 2.75) is 13.5 Å². The van der Waals surface area contributed by atoms with E-state index in [0.29, 0.717) is 5.56 Å². The summed E-state index contributed by atoms with van der Waals surface area (Å²) in [6, 6.07) is 4.80. The first-order chi connectivity index (χ1) is 9.99. The Kier molecular flexibility index (Phi) is 4.12. The predicted molar refractivity (Wildman–Crippen MR) is 70.3 cm³/mol. The van der Waals surface area contributed by atoms with Crippen LogP contribution in [0.5, 0.6) is 5.75 Å². The minimum absolute atomic E-state index is 0.0812. The van der Waals surface area contributed by atoms with Crippen LogP contribution in [0.4, 0.5) is 5.69 Å². The van der Waals surface area contributed by atoms with Crippen molar-refractivity contribution in [2.24, 2.45) is 0 Å². The summed E-state index contributed by atoms with van der Waals surface area (Å²) in [4.78, 5) is 21.1. The van der Waals surface area contributed by atoms with Crippen LogP contribution in [0.15, 0.2) is 24.4 Å². The predicted octanol–water partition coefficient (Wildman–Crippen LogP) is 1.27. The lowest BCUT2D eigenvalue weighted by Crippen LogP contribution is -2.10. The van der Waals surface area contributed by atoms with E-state index < -0.39 is 10.9 Å². The molecular formula is C12H12N4O5. The lowest BCUT2D eigenvalue weighted by atomic mass is 10.2. The van der Waals surface area contributed by atoms with E-state index in [2.05, 4.69) is 10.3 Å². The number of nitro groups is 1. The number of benzene rings is 1. The average molecular weight is 292 g/mol. The number of para-hydroxylation sites is 1. The van der Waals surface area contributed by atoms with Gasteiger partial charge in [0.15, 0.2) is 11.4 Å². The molecule has 1 heterocycles. The topological polar surface area (TPSA) is 120 Å². The van der Waals surface area contributed by atoms with Crippen LogP contribution >= 0.6 is 0 Å². The largest absolute Gasteiger partial charge is 0.485 e. The standard InChI is InChI=1S/C12H12N4O5/c1-8-3-2-4-10(11(8)16(19)20)21-6-5-15-7-9(12(17)18)13-14-15/h2-4,7H,5-6H2,1H3,(H,17,18). The van der Waals surface area contributed by atoms with Crippen molar-refractivity contribution >= 4 is 11.7 Å². The molecule has 0 fully saturated rings. The molecule has 1 aromatic carbocycles. The molecule has 0 aliphatic carbocycles. The quantitative estimate of drug-likeness (QED) is 0.628. The van der Waals surface area contributed by atoms with Gasteiger partial charge in [-0.2, -0.15) is 0 Å². The molecule has 0 unspecified atom stereocenters. The number of aromatic nitrogens is 3. The Morgan fingerprint density at radius 3 is 2.90 bits per heavy atom. The number of carboxylic acids is 1. The Morgan fingerprint density at radius 2 is 2.29 bits per heavy atom. The minimum atomic E-state index is -1.17. The molecule has 0 atom stereocenters. The third-order valence-electron chi connectivity index (χ3n) is 2.72. The molecule has 2 aromatic rings. The average Bonchev–Trinajstić information content (AvgIpc) is 2.87. The molecule has 0 aliphatic heterocycles. The number of ether oxygens (including phenoxy) is 1. The summed E-state index contributed by atoms with van der Waals surface area (Å²) in [6.07, 6.45) is 1.26. The summed E-state index contributed by atoms with van der Waals surface area (Å²) in [5.41, 5.74) is 0.255. The van der Waals surface area contributed by atoms with Crippen LogP contribution in [0.25, 0.3) is 0 Å². The smallest absolute Gasteiger partial charge is 0.358 e.